The Morgan fingerprint density at radius 3 is 2.67 bits per heavy atom. The molecule has 1 aromatic carbocycles. The van der Waals surface area contributed by atoms with Gasteiger partial charge < -0.3 is 10.2 Å². The van der Waals surface area contributed by atoms with Crippen LogP contribution >= 0.6 is 11.3 Å². The third-order valence-corrected chi connectivity index (χ3v) is 4.85. The van der Waals surface area contributed by atoms with Gasteiger partial charge in [-0.3, -0.25) is 0 Å². The zero-order valence-corrected chi connectivity index (χ0v) is 13.7. The molecular formula is C18H24N2S. The molecule has 0 radical (unpaired) electrons. The molecule has 1 aliphatic carbocycles. The van der Waals surface area contributed by atoms with Crippen LogP contribution in [0.4, 0.5) is 5.69 Å². The van der Waals surface area contributed by atoms with Crippen molar-refractivity contribution in [2.24, 2.45) is 0 Å². The molecule has 1 heterocycles. The summed E-state index contributed by atoms with van der Waals surface area (Å²) in [5.74, 6) is 0. The Balaban J connectivity index is 1.80. The first-order valence-electron chi connectivity index (χ1n) is 7.84. The molecule has 0 aliphatic heterocycles. The molecule has 3 heteroatoms. The summed E-state index contributed by atoms with van der Waals surface area (Å²) < 4.78 is 0. The lowest BCUT2D eigenvalue weighted by atomic mass is 10.1. The van der Waals surface area contributed by atoms with Crippen molar-refractivity contribution < 1.29 is 0 Å². The van der Waals surface area contributed by atoms with E-state index >= 15 is 0 Å². The average molecular weight is 300 g/mol. The number of hydrogen-bond acceptors (Lipinski definition) is 3. The van der Waals surface area contributed by atoms with Gasteiger partial charge in [0.2, 0.25) is 0 Å². The van der Waals surface area contributed by atoms with Crippen LogP contribution in [0.15, 0.2) is 41.8 Å². The fraction of sp³-hybridized carbons (Fsp3) is 0.444. The fourth-order valence-electron chi connectivity index (χ4n) is 2.60. The molecule has 21 heavy (non-hydrogen) atoms. The smallest absolute Gasteiger partial charge is 0.0525 e. The van der Waals surface area contributed by atoms with E-state index in [2.05, 4.69) is 65.8 Å². The van der Waals surface area contributed by atoms with Gasteiger partial charge in [0.25, 0.3) is 0 Å². The van der Waals surface area contributed by atoms with Crippen LogP contribution in [-0.2, 0) is 13.1 Å². The van der Waals surface area contributed by atoms with E-state index in [1.807, 2.05) is 11.3 Å². The highest BCUT2D eigenvalue weighted by Gasteiger charge is 2.21. The van der Waals surface area contributed by atoms with E-state index in [4.69, 9.17) is 0 Å². The lowest BCUT2D eigenvalue weighted by molar-refractivity contribution is 0.660. The topological polar surface area (TPSA) is 15.3 Å². The molecule has 2 nitrogen and oxygen atoms in total. The predicted molar refractivity (Wildman–Crippen MR) is 91.9 cm³/mol. The maximum atomic E-state index is 3.64. The molecule has 1 fully saturated rings. The van der Waals surface area contributed by atoms with Gasteiger partial charge in [0.05, 0.1) is 6.54 Å². The van der Waals surface area contributed by atoms with Crippen LogP contribution in [0.1, 0.15) is 37.1 Å². The van der Waals surface area contributed by atoms with Crippen LogP contribution in [0.25, 0.3) is 0 Å². The zero-order valence-electron chi connectivity index (χ0n) is 12.9. The molecule has 0 saturated heterocycles. The molecule has 1 N–H and O–H groups in total. The molecule has 0 amide bonds. The summed E-state index contributed by atoms with van der Waals surface area (Å²) in [4.78, 5) is 3.93. The molecule has 2 aromatic rings. The van der Waals surface area contributed by atoms with Gasteiger partial charge in [-0.15, -0.1) is 11.3 Å². The molecule has 0 bridgehead atoms. The lowest BCUT2D eigenvalue weighted by Gasteiger charge is -2.30. The summed E-state index contributed by atoms with van der Waals surface area (Å²) in [7, 11) is 0. The van der Waals surface area contributed by atoms with Crippen molar-refractivity contribution in [2.75, 3.05) is 4.90 Å². The van der Waals surface area contributed by atoms with Crippen molar-refractivity contribution >= 4 is 17.0 Å². The first-order valence-corrected chi connectivity index (χ1v) is 8.72. The second kappa shape index (κ2) is 6.63. The number of benzene rings is 1. The molecule has 112 valence electrons. The van der Waals surface area contributed by atoms with Crippen LogP contribution in [0.5, 0.6) is 0 Å². The number of thiophene rings is 1. The van der Waals surface area contributed by atoms with Crippen molar-refractivity contribution in [3.63, 3.8) is 0 Å². The highest BCUT2D eigenvalue weighted by atomic mass is 32.1. The van der Waals surface area contributed by atoms with Gasteiger partial charge in [-0.2, -0.15) is 0 Å². The van der Waals surface area contributed by atoms with E-state index in [9.17, 15) is 0 Å². The minimum atomic E-state index is 0.495. The van der Waals surface area contributed by atoms with Crippen molar-refractivity contribution in [3.05, 3.63) is 52.2 Å². The van der Waals surface area contributed by atoms with Crippen LogP contribution in [0.3, 0.4) is 0 Å². The summed E-state index contributed by atoms with van der Waals surface area (Å²) in [5, 5.41) is 5.80. The molecule has 1 saturated carbocycles. The minimum Gasteiger partial charge on any atom is -0.364 e. The SMILES string of the molecule is CC(C)N(Cc1cccs1)c1ccccc1CNC1CC1. The van der Waals surface area contributed by atoms with Gasteiger partial charge >= 0.3 is 0 Å². The van der Waals surface area contributed by atoms with E-state index in [0.717, 1.165) is 19.1 Å². The third-order valence-electron chi connectivity index (χ3n) is 3.99. The van der Waals surface area contributed by atoms with Crippen LogP contribution in [0.2, 0.25) is 0 Å². The summed E-state index contributed by atoms with van der Waals surface area (Å²) in [6.45, 7) is 6.53. The Kier molecular flexibility index (Phi) is 4.61. The Bertz CT molecular complexity index is 558. The number of nitrogens with one attached hydrogen (secondary N) is 1. The maximum Gasteiger partial charge on any atom is 0.0525 e. The minimum absolute atomic E-state index is 0.495. The van der Waals surface area contributed by atoms with Crippen LogP contribution in [-0.4, -0.2) is 12.1 Å². The van der Waals surface area contributed by atoms with Crippen molar-refractivity contribution in [1.82, 2.24) is 5.32 Å². The molecule has 1 aliphatic rings. The Labute approximate surface area is 131 Å². The molecule has 3 rings (SSSR count). The normalized spacial score (nSPS) is 14.6. The highest BCUT2D eigenvalue weighted by molar-refractivity contribution is 7.09. The quantitative estimate of drug-likeness (QED) is 0.814. The average Bonchev–Trinajstić information content (AvgIpc) is 3.17. The summed E-state index contributed by atoms with van der Waals surface area (Å²) >= 11 is 1.84. The summed E-state index contributed by atoms with van der Waals surface area (Å²) in [6, 6.07) is 14.4. The third kappa shape index (κ3) is 3.86. The molecule has 0 spiro atoms. The summed E-state index contributed by atoms with van der Waals surface area (Å²) in [5.41, 5.74) is 2.78. The molecule has 0 atom stereocenters. The zero-order chi connectivity index (χ0) is 14.7. The van der Waals surface area contributed by atoms with E-state index in [0.29, 0.717) is 6.04 Å². The van der Waals surface area contributed by atoms with Crippen molar-refractivity contribution in [3.8, 4) is 0 Å². The maximum absolute atomic E-state index is 3.64. The van der Waals surface area contributed by atoms with Gasteiger partial charge in [-0.05, 0) is 49.8 Å². The Morgan fingerprint density at radius 2 is 2.00 bits per heavy atom. The number of rotatable bonds is 7. The molecule has 1 aromatic heterocycles. The fourth-order valence-corrected chi connectivity index (χ4v) is 3.30. The number of para-hydroxylation sites is 1. The number of anilines is 1. The predicted octanol–water partition coefficient (Wildman–Crippen LogP) is 4.42. The Morgan fingerprint density at radius 1 is 1.19 bits per heavy atom. The van der Waals surface area contributed by atoms with Gasteiger partial charge in [0.1, 0.15) is 0 Å². The van der Waals surface area contributed by atoms with Gasteiger partial charge in [0, 0.05) is 29.2 Å². The standard InChI is InChI=1S/C18H24N2S/c1-14(2)20(13-17-7-5-11-21-17)18-8-4-3-6-15(18)12-19-16-9-10-16/h3-8,11,14,16,19H,9-10,12-13H2,1-2H3. The lowest BCUT2D eigenvalue weighted by Crippen LogP contribution is -2.31. The molecular weight excluding hydrogens is 276 g/mol. The second-order valence-electron chi connectivity index (χ2n) is 6.08. The van der Waals surface area contributed by atoms with Crippen LogP contribution < -0.4 is 10.2 Å². The number of nitrogens with zero attached hydrogens (tertiary/aromatic N) is 1. The van der Waals surface area contributed by atoms with Crippen LogP contribution in [0, 0.1) is 0 Å². The van der Waals surface area contributed by atoms with Gasteiger partial charge in [-0.1, -0.05) is 24.3 Å². The van der Waals surface area contributed by atoms with Crippen molar-refractivity contribution in [1.29, 1.82) is 0 Å². The van der Waals surface area contributed by atoms with E-state index < -0.39 is 0 Å². The molecule has 0 unspecified atom stereocenters. The monoisotopic (exact) mass is 300 g/mol. The number of hydrogen-bond donors (Lipinski definition) is 1. The summed E-state index contributed by atoms with van der Waals surface area (Å²) in [6.07, 6.45) is 2.68. The highest BCUT2D eigenvalue weighted by Crippen LogP contribution is 2.27. The second-order valence-corrected chi connectivity index (χ2v) is 7.12. The Hall–Kier alpha value is -1.32. The van der Waals surface area contributed by atoms with E-state index in [1.165, 1.54) is 29.0 Å². The van der Waals surface area contributed by atoms with Gasteiger partial charge in [0.15, 0.2) is 0 Å². The van der Waals surface area contributed by atoms with E-state index in [-0.39, 0.29) is 0 Å². The first-order chi connectivity index (χ1) is 10.2. The largest absolute Gasteiger partial charge is 0.364 e. The van der Waals surface area contributed by atoms with Gasteiger partial charge in [-0.25, -0.2) is 0 Å². The first kappa shape index (κ1) is 14.6. The van der Waals surface area contributed by atoms with Crippen molar-refractivity contribution in [2.45, 2.75) is 51.9 Å². The van der Waals surface area contributed by atoms with E-state index in [1.54, 1.807) is 0 Å².